The maximum atomic E-state index is 15.3. The lowest BCUT2D eigenvalue weighted by molar-refractivity contribution is -0.0819. The van der Waals surface area contributed by atoms with Gasteiger partial charge in [0.15, 0.2) is 0 Å². The summed E-state index contributed by atoms with van der Waals surface area (Å²) in [7, 11) is 1.76. The smallest absolute Gasteiger partial charge is 0.131 e. The second-order valence-electron chi connectivity index (χ2n) is 8.01. The summed E-state index contributed by atoms with van der Waals surface area (Å²) in [5.74, 6) is 0.107. The minimum absolute atomic E-state index is 0.167. The number of rotatable bonds is 9. The average molecular weight is 400 g/mol. The quantitative estimate of drug-likeness (QED) is 0.579. The molecular formula is C25H34FNO2. The zero-order valence-electron chi connectivity index (χ0n) is 17.7. The Kier molecular flexibility index (Phi) is 7.82. The first-order valence-corrected chi connectivity index (χ1v) is 10.9. The third kappa shape index (κ3) is 4.71. The van der Waals surface area contributed by atoms with Gasteiger partial charge in [-0.05, 0) is 80.3 Å². The Morgan fingerprint density at radius 2 is 1.90 bits per heavy atom. The number of aryl methyl sites for hydroxylation is 1. The van der Waals surface area contributed by atoms with Crippen LogP contribution in [0.5, 0.6) is 0 Å². The molecule has 1 aliphatic heterocycles. The van der Waals surface area contributed by atoms with Crippen LogP contribution in [0.25, 0.3) is 11.1 Å². The van der Waals surface area contributed by atoms with Gasteiger partial charge in [-0.15, -0.1) is 0 Å². The van der Waals surface area contributed by atoms with Crippen LogP contribution in [-0.4, -0.2) is 31.9 Å². The van der Waals surface area contributed by atoms with Gasteiger partial charge in [0.25, 0.3) is 0 Å². The highest BCUT2D eigenvalue weighted by atomic mass is 19.1. The van der Waals surface area contributed by atoms with E-state index in [1.165, 1.54) is 5.56 Å². The van der Waals surface area contributed by atoms with Gasteiger partial charge < -0.3 is 15.2 Å². The number of ether oxygens (including phenoxy) is 1. The van der Waals surface area contributed by atoms with Crippen LogP contribution in [0.4, 0.5) is 4.39 Å². The van der Waals surface area contributed by atoms with Gasteiger partial charge in [0, 0.05) is 19.3 Å². The molecule has 158 valence electrons. The molecule has 0 amide bonds. The lowest BCUT2D eigenvalue weighted by atomic mass is 9.71. The molecule has 1 heterocycles. The molecule has 1 unspecified atom stereocenters. The topological polar surface area (TPSA) is 41.5 Å². The molecule has 1 atom stereocenters. The third-order valence-electron chi connectivity index (χ3n) is 6.41. The molecule has 0 radical (unpaired) electrons. The number of methoxy groups -OCH3 is 1. The monoisotopic (exact) mass is 399 g/mol. The van der Waals surface area contributed by atoms with Gasteiger partial charge in [-0.2, -0.15) is 0 Å². The number of benzene rings is 2. The van der Waals surface area contributed by atoms with Gasteiger partial charge in [0.2, 0.25) is 0 Å². The van der Waals surface area contributed by atoms with Crippen molar-refractivity contribution in [1.82, 2.24) is 5.32 Å². The molecule has 0 aliphatic carbocycles. The number of piperidine rings is 1. The summed E-state index contributed by atoms with van der Waals surface area (Å²) in [6, 6.07) is 13.6. The maximum Gasteiger partial charge on any atom is 0.131 e. The highest BCUT2D eigenvalue weighted by molar-refractivity contribution is 5.70. The molecule has 1 aliphatic rings. The molecule has 3 rings (SSSR count). The fraction of sp³-hybridized carbons (Fsp3) is 0.520. The molecule has 3 nitrogen and oxygen atoms in total. The van der Waals surface area contributed by atoms with Gasteiger partial charge in [-0.25, -0.2) is 4.39 Å². The second kappa shape index (κ2) is 10.3. The van der Waals surface area contributed by atoms with Crippen LogP contribution in [-0.2, 0) is 16.8 Å². The summed E-state index contributed by atoms with van der Waals surface area (Å²) in [6.45, 7) is 4.18. The van der Waals surface area contributed by atoms with Crippen LogP contribution in [0.3, 0.4) is 0 Å². The minimum Gasteiger partial charge on any atom is -0.396 e. The molecule has 1 saturated heterocycles. The number of aliphatic hydroxyl groups is 1. The Bertz CT molecular complexity index is 788. The van der Waals surface area contributed by atoms with Gasteiger partial charge in [0.1, 0.15) is 5.82 Å². The molecular weight excluding hydrogens is 365 g/mol. The predicted molar refractivity (Wildman–Crippen MR) is 116 cm³/mol. The van der Waals surface area contributed by atoms with E-state index in [9.17, 15) is 5.11 Å². The lowest BCUT2D eigenvalue weighted by Crippen LogP contribution is -2.43. The molecule has 29 heavy (non-hydrogen) atoms. The van der Waals surface area contributed by atoms with Crippen LogP contribution < -0.4 is 5.32 Å². The van der Waals surface area contributed by atoms with E-state index in [2.05, 4.69) is 24.4 Å². The van der Waals surface area contributed by atoms with Crippen molar-refractivity contribution in [2.75, 3.05) is 26.8 Å². The van der Waals surface area contributed by atoms with E-state index in [0.29, 0.717) is 11.5 Å². The number of nitrogens with one attached hydrogen (secondary N) is 1. The van der Waals surface area contributed by atoms with Crippen LogP contribution in [0, 0.1) is 11.7 Å². The van der Waals surface area contributed by atoms with Crippen molar-refractivity contribution < 1.29 is 14.2 Å². The summed E-state index contributed by atoms with van der Waals surface area (Å²) in [6.07, 6.45) is 5.26. The first-order valence-electron chi connectivity index (χ1n) is 10.9. The van der Waals surface area contributed by atoms with Crippen LogP contribution >= 0.6 is 0 Å². The summed E-state index contributed by atoms with van der Waals surface area (Å²) >= 11 is 0. The van der Waals surface area contributed by atoms with Crippen molar-refractivity contribution in [1.29, 1.82) is 0 Å². The number of aliphatic hydroxyl groups excluding tert-OH is 1. The number of unbranched alkanes of at least 4 members (excludes halogenated alkanes) is 1. The largest absolute Gasteiger partial charge is 0.396 e. The van der Waals surface area contributed by atoms with Crippen molar-refractivity contribution in [2.24, 2.45) is 5.92 Å². The van der Waals surface area contributed by atoms with E-state index in [1.807, 2.05) is 18.2 Å². The normalized spacial score (nSPS) is 17.2. The number of halogens is 1. The Morgan fingerprint density at radius 3 is 2.59 bits per heavy atom. The van der Waals surface area contributed by atoms with E-state index >= 15 is 4.39 Å². The van der Waals surface area contributed by atoms with E-state index in [-0.39, 0.29) is 12.4 Å². The first kappa shape index (κ1) is 21.9. The standard InChI is InChI=1S/C25H34FNO2/c1-3-19-8-6-9-20(18-19)24-22(10-7-11-23(24)26)25(29-2,14-4-5-17-28)21-12-15-27-16-13-21/h6-11,18,21,27-28H,3-5,12-17H2,1-2H3. The van der Waals surface area contributed by atoms with Crippen molar-refractivity contribution in [2.45, 2.75) is 51.0 Å². The Labute approximate surface area is 174 Å². The highest BCUT2D eigenvalue weighted by Gasteiger charge is 2.42. The van der Waals surface area contributed by atoms with Gasteiger partial charge in [0.05, 0.1) is 5.60 Å². The Morgan fingerprint density at radius 1 is 1.14 bits per heavy atom. The molecule has 0 saturated carbocycles. The zero-order valence-corrected chi connectivity index (χ0v) is 17.7. The summed E-state index contributed by atoms with van der Waals surface area (Å²) in [5.41, 5.74) is 3.15. The zero-order chi connectivity index (χ0) is 20.7. The molecule has 0 bridgehead atoms. The van der Waals surface area contributed by atoms with Gasteiger partial charge in [-0.3, -0.25) is 0 Å². The molecule has 2 aromatic rings. The number of hydrogen-bond acceptors (Lipinski definition) is 3. The van der Waals surface area contributed by atoms with Crippen molar-refractivity contribution in [3.05, 3.63) is 59.4 Å². The first-order chi connectivity index (χ1) is 14.2. The SMILES string of the molecule is CCc1cccc(-c2c(F)cccc2C(CCCCO)(OC)C2CCNCC2)c1. The molecule has 1 fully saturated rings. The van der Waals surface area contributed by atoms with E-state index < -0.39 is 5.60 Å². The highest BCUT2D eigenvalue weighted by Crippen LogP contribution is 2.46. The minimum atomic E-state index is -0.559. The molecule has 2 aromatic carbocycles. The lowest BCUT2D eigenvalue weighted by Gasteiger charge is -2.43. The van der Waals surface area contributed by atoms with Crippen LogP contribution in [0.1, 0.15) is 50.2 Å². The fourth-order valence-electron chi connectivity index (χ4n) is 4.84. The van der Waals surface area contributed by atoms with Gasteiger partial charge in [-0.1, -0.05) is 43.3 Å². The Balaban J connectivity index is 2.15. The number of hydrogen-bond donors (Lipinski definition) is 2. The van der Waals surface area contributed by atoms with Crippen molar-refractivity contribution in [3.8, 4) is 11.1 Å². The third-order valence-corrected chi connectivity index (χ3v) is 6.41. The molecule has 0 spiro atoms. The van der Waals surface area contributed by atoms with Crippen molar-refractivity contribution >= 4 is 0 Å². The van der Waals surface area contributed by atoms with E-state index in [4.69, 9.17) is 4.74 Å². The summed E-state index contributed by atoms with van der Waals surface area (Å²) < 4.78 is 21.6. The maximum absolute atomic E-state index is 15.3. The second-order valence-corrected chi connectivity index (χ2v) is 8.01. The van der Waals surface area contributed by atoms with Gasteiger partial charge >= 0.3 is 0 Å². The molecule has 0 aromatic heterocycles. The van der Waals surface area contributed by atoms with Crippen LogP contribution in [0.15, 0.2) is 42.5 Å². The van der Waals surface area contributed by atoms with E-state index in [1.54, 1.807) is 19.2 Å². The summed E-state index contributed by atoms with van der Waals surface area (Å²) in [5, 5.41) is 12.8. The summed E-state index contributed by atoms with van der Waals surface area (Å²) in [4.78, 5) is 0. The fourth-order valence-corrected chi connectivity index (χ4v) is 4.84. The Hall–Kier alpha value is -1.75. The molecule has 4 heteroatoms. The average Bonchev–Trinajstić information content (AvgIpc) is 2.77. The van der Waals surface area contributed by atoms with Crippen molar-refractivity contribution in [3.63, 3.8) is 0 Å². The molecule has 2 N–H and O–H groups in total. The predicted octanol–water partition coefficient (Wildman–Crippen LogP) is 5.06. The van der Waals surface area contributed by atoms with E-state index in [0.717, 1.165) is 62.7 Å². The van der Waals surface area contributed by atoms with Crippen LogP contribution in [0.2, 0.25) is 0 Å².